The quantitative estimate of drug-likeness (QED) is 0.443. The van der Waals surface area contributed by atoms with Crippen LogP contribution in [-0.2, 0) is 9.47 Å². The first kappa shape index (κ1) is 24.9. The van der Waals surface area contributed by atoms with E-state index >= 15 is 0 Å². The molecule has 0 heterocycles. The van der Waals surface area contributed by atoms with Gasteiger partial charge in [0.1, 0.15) is 0 Å². The first-order valence-electron chi connectivity index (χ1n) is 9.46. The van der Waals surface area contributed by atoms with E-state index in [0.717, 1.165) is 0 Å². The predicted octanol–water partition coefficient (Wildman–Crippen LogP) is 7.54. The molecule has 2 aromatic carbocycles. The van der Waals surface area contributed by atoms with E-state index in [1.165, 1.54) is 5.54 Å². The van der Waals surface area contributed by atoms with Gasteiger partial charge in [0.25, 0.3) is 0 Å². The van der Waals surface area contributed by atoms with Crippen LogP contribution in [0.1, 0.15) is 38.8 Å². The molecule has 166 valence electrons. The molecule has 0 spiro atoms. The number of halogens is 3. The lowest BCUT2D eigenvalue weighted by atomic mass is 9.98. The van der Waals surface area contributed by atoms with Crippen LogP contribution in [0.4, 0.5) is 21.0 Å². The third-order valence-electron chi connectivity index (χ3n) is 3.82. The third-order valence-corrected chi connectivity index (χ3v) is 4.70. The van der Waals surface area contributed by atoms with Gasteiger partial charge in [0.2, 0.25) is 0 Å². The molecule has 2 rings (SSSR count). The van der Waals surface area contributed by atoms with Crippen LogP contribution in [0.15, 0.2) is 41.9 Å². The van der Waals surface area contributed by atoms with Gasteiger partial charge in [-0.15, -0.1) is 0 Å². The fourth-order valence-electron chi connectivity index (χ4n) is 2.58. The molecule has 0 aliphatic heterocycles. The van der Waals surface area contributed by atoms with E-state index in [4.69, 9.17) is 44.3 Å². The smallest absolute Gasteiger partial charge is 0.411 e. The second kappa shape index (κ2) is 11.3. The first-order chi connectivity index (χ1) is 14.6. The minimum absolute atomic E-state index is 0.275. The van der Waals surface area contributed by atoms with E-state index in [2.05, 4.69) is 10.6 Å². The van der Waals surface area contributed by atoms with Crippen LogP contribution in [-0.4, -0.2) is 24.4 Å². The number of carbonyl (C=O) groups excluding carboxylic acids is 2. The zero-order valence-electron chi connectivity index (χ0n) is 17.5. The summed E-state index contributed by atoms with van der Waals surface area (Å²) in [5, 5.41) is 5.92. The summed E-state index contributed by atoms with van der Waals surface area (Å²) in [5.74, 6) is 0. The van der Waals surface area contributed by atoms with Crippen LogP contribution in [0.25, 0.3) is 5.57 Å². The summed E-state index contributed by atoms with van der Waals surface area (Å²) in [7, 11) is 0. The molecule has 0 aliphatic rings. The maximum absolute atomic E-state index is 12.0. The van der Waals surface area contributed by atoms with Gasteiger partial charge in [-0.05, 0) is 63.1 Å². The van der Waals surface area contributed by atoms with Gasteiger partial charge in [0, 0.05) is 11.1 Å². The summed E-state index contributed by atoms with van der Waals surface area (Å²) >= 11 is 18.5. The van der Waals surface area contributed by atoms with Crippen LogP contribution >= 0.6 is 34.8 Å². The second-order valence-corrected chi connectivity index (χ2v) is 8.10. The highest BCUT2D eigenvalue weighted by Crippen LogP contribution is 2.33. The standard InChI is InChI=1S/C22H23Cl3N2O4/c1-12(2)30-21(28)26-19-9-14(5-7-17(19)24)16(11-23)15-6-8-18(25)20(10-15)27-22(29)31-13(3)4/h5-13H,1-4H3,(H,26,28)(H,27,29). The number of benzene rings is 2. The highest BCUT2D eigenvalue weighted by atomic mass is 35.5. The van der Waals surface area contributed by atoms with Gasteiger partial charge in [-0.25, -0.2) is 9.59 Å². The molecule has 9 heteroatoms. The zero-order valence-corrected chi connectivity index (χ0v) is 19.7. The van der Waals surface area contributed by atoms with Gasteiger partial charge in [-0.2, -0.15) is 0 Å². The fourth-order valence-corrected chi connectivity index (χ4v) is 3.16. The van der Waals surface area contributed by atoms with Crippen molar-refractivity contribution in [2.45, 2.75) is 39.9 Å². The van der Waals surface area contributed by atoms with Crippen LogP contribution in [0, 0.1) is 0 Å². The number of ether oxygens (including phenoxy) is 2. The Kier molecular flexibility index (Phi) is 9.04. The molecule has 31 heavy (non-hydrogen) atoms. The summed E-state index contributed by atoms with van der Waals surface area (Å²) in [4.78, 5) is 23.9. The highest BCUT2D eigenvalue weighted by molar-refractivity contribution is 6.34. The normalized spacial score (nSPS) is 10.6. The molecule has 2 aromatic rings. The molecule has 0 saturated heterocycles. The lowest BCUT2D eigenvalue weighted by Crippen LogP contribution is -2.18. The Hall–Kier alpha value is -2.41. The molecule has 0 atom stereocenters. The van der Waals surface area contributed by atoms with Crippen molar-refractivity contribution in [3.8, 4) is 0 Å². The molecule has 0 aliphatic carbocycles. The Bertz CT molecular complexity index is 915. The summed E-state index contributed by atoms with van der Waals surface area (Å²) in [6, 6.07) is 10.1. The number of hydrogen-bond acceptors (Lipinski definition) is 4. The first-order valence-corrected chi connectivity index (χ1v) is 10.7. The Morgan fingerprint density at radius 2 is 1.19 bits per heavy atom. The van der Waals surface area contributed by atoms with Crippen molar-refractivity contribution in [3.63, 3.8) is 0 Å². The van der Waals surface area contributed by atoms with E-state index in [1.807, 2.05) is 0 Å². The van der Waals surface area contributed by atoms with Crippen molar-refractivity contribution < 1.29 is 19.1 Å². The molecule has 0 radical (unpaired) electrons. The molecule has 0 fully saturated rings. The monoisotopic (exact) mass is 484 g/mol. The van der Waals surface area contributed by atoms with Gasteiger partial charge in [-0.3, -0.25) is 10.6 Å². The van der Waals surface area contributed by atoms with E-state index in [-0.39, 0.29) is 12.2 Å². The van der Waals surface area contributed by atoms with Crippen molar-refractivity contribution in [2.75, 3.05) is 10.6 Å². The molecule has 2 N–H and O–H groups in total. The lowest BCUT2D eigenvalue weighted by molar-refractivity contribution is 0.129. The van der Waals surface area contributed by atoms with Crippen LogP contribution in [0.3, 0.4) is 0 Å². The average molecular weight is 486 g/mol. The van der Waals surface area contributed by atoms with E-state index in [9.17, 15) is 9.59 Å². The van der Waals surface area contributed by atoms with Crippen molar-refractivity contribution in [1.29, 1.82) is 0 Å². The maximum Gasteiger partial charge on any atom is 0.411 e. The summed E-state index contributed by atoms with van der Waals surface area (Å²) < 4.78 is 10.2. The minimum atomic E-state index is -0.618. The molecule has 0 saturated carbocycles. The third kappa shape index (κ3) is 7.35. The number of carbonyl (C=O) groups is 2. The Morgan fingerprint density at radius 1 is 0.806 bits per heavy atom. The van der Waals surface area contributed by atoms with E-state index in [1.54, 1.807) is 64.1 Å². The van der Waals surface area contributed by atoms with Gasteiger partial charge in [0.15, 0.2) is 0 Å². The Labute approximate surface area is 196 Å². The number of rotatable bonds is 6. The largest absolute Gasteiger partial charge is 0.447 e. The molecule has 0 aromatic heterocycles. The number of amides is 2. The molecule has 6 nitrogen and oxygen atoms in total. The highest BCUT2D eigenvalue weighted by Gasteiger charge is 2.14. The fraction of sp³-hybridized carbons (Fsp3) is 0.273. The van der Waals surface area contributed by atoms with Crippen molar-refractivity contribution in [1.82, 2.24) is 0 Å². The van der Waals surface area contributed by atoms with Gasteiger partial charge >= 0.3 is 12.2 Å². The van der Waals surface area contributed by atoms with E-state index in [0.29, 0.717) is 38.1 Å². The molecular formula is C22H23Cl3N2O4. The Morgan fingerprint density at radius 3 is 1.52 bits per heavy atom. The van der Waals surface area contributed by atoms with Crippen LogP contribution < -0.4 is 10.6 Å². The predicted molar refractivity (Wildman–Crippen MR) is 126 cm³/mol. The molecular weight excluding hydrogens is 463 g/mol. The van der Waals surface area contributed by atoms with Gasteiger partial charge < -0.3 is 9.47 Å². The summed E-state index contributed by atoms with van der Waals surface area (Å²) in [6.45, 7) is 6.98. The van der Waals surface area contributed by atoms with Crippen molar-refractivity contribution >= 4 is 63.9 Å². The van der Waals surface area contributed by atoms with Crippen LogP contribution in [0.2, 0.25) is 10.0 Å². The topological polar surface area (TPSA) is 76.7 Å². The second-order valence-electron chi connectivity index (χ2n) is 7.07. The molecule has 0 bridgehead atoms. The van der Waals surface area contributed by atoms with Crippen molar-refractivity contribution in [3.05, 3.63) is 63.1 Å². The minimum Gasteiger partial charge on any atom is -0.447 e. The van der Waals surface area contributed by atoms with Gasteiger partial charge in [0.05, 0.1) is 33.6 Å². The number of hydrogen-bond donors (Lipinski definition) is 2. The maximum atomic E-state index is 12.0. The SMILES string of the molecule is CC(C)OC(=O)Nc1cc(C(=CCl)c2ccc(Cl)c(NC(=O)OC(C)C)c2)ccc1Cl. The van der Waals surface area contributed by atoms with E-state index < -0.39 is 12.2 Å². The number of nitrogens with one attached hydrogen (secondary N) is 2. The van der Waals surface area contributed by atoms with Gasteiger partial charge in [-0.1, -0.05) is 46.9 Å². The number of anilines is 2. The Balaban J connectivity index is 2.34. The average Bonchev–Trinajstić information content (AvgIpc) is 2.66. The summed E-state index contributed by atoms with van der Waals surface area (Å²) in [6.07, 6.45) is -1.79. The lowest BCUT2D eigenvalue weighted by Gasteiger charge is -2.15. The summed E-state index contributed by atoms with van der Waals surface area (Å²) in [5.41, 5.74) is 4.10. The van der Waals surface area contributed by atoms with Crippen LogP contribution in [0.5, 0.6) is 0 Å². The zero-order chi connectivity index (χ0) is 23.1. The van der Waals surface area contributed by atoms with Crippen molar-refractivity contribution in [2.24, 2.45) is 0 Å². The molecule has 2 amide bonds. The molecule has 0 unspecified atom stereocenters.